The number of nitrogens with zero attached hydrogens (tertiary/aromatic N) is 2. The molecule has 1 heterocycles. The van der Waals surface area contributed by atoms with Gasteiger partial charge in [0.15, 0.2) is 0 Å². The van der Waals surface area contributed by atoms with Crippen LogP contribution in [0.25, 0.3) is 0 Å². The second-order valence-corrected chi connectivity index (χ2v) is 3.12. The van der Waals surface area contributed by atoms with Crippen LogP contribution in [0.4, 0.5) is 10.2 Å². The maximum Gasteiger partial charge on any atom is 0.217 e. The van der Waals surface area contributed by atoms with Crippen molar-refractivity contribution in [3.8, 4) is 0 Å². The van der Waals surface area contributed by atoms with Gasteiger partial charge >= 0.3 is 0 Å². The van der Waals surface area contributed by atoms with E-state index in [4.69, 9.17) is 0 Å². The van der Waals surface area contributed by atoms with Crippen molar-refractivity contribution in [2.75, 3.05) is 11.9 Å². The first-order valence-corrected chi connectivity index (χ1v) is 4.43. The molecule has 0 saturated heterocycles. The standard InChI is InChI=1S/C9H14FN3/c1-3-7(2)5-11-9-4-8(10)12-6-13-9/h4,6-7H,3,5H2,1-2H3,(H,11,12,13). The van der Waals surface area contributed by atoms with Crippen molar-refractivity contribution >= 4 is 5.82 Å². The van der Waals surface area contributed by atoms with Gasteiger partial charge in [0.25, 0.3) is 0 Å². The fourth-order valence-corrected chi connectivity index (χ4v) is 0.853. The molecule has 0 amide bonds. The zero-order chi connectivity index (χ0) is 9.68. The van der Waals surface area contributed by atoms with Crippen molar-refractivity contribution in [1.82, 2.24) is 9.97 Å². The van der Waals surface area contributed by atoms with Gasteiger partial charge in [-0.1, -0.05) is 20.3 Å². The molecular formula is C9H14FN3. The molecule has 0 fully saturated rings. The van der Waals surface area contributed by atoms with E-state index in [0.29, 0.717) is 11.7 Å². The van der Waals surface area contributed by atoms with Gasteiger partial charge in [-0.2, -0.15) is 4.39 Å². The van der Waals surface area contributed by atoms with Crippen LogP contribution in [0.15, 0.2) is 12.4 Å². The van der Waals surface area contributed by atoms with Gasteiger partial charge in [0.1, 0.15) is 12.1 Å². The molecule has 1 N–H and O–H groups in total. The summed E-state index contributed by atoms with van der Waals surface area (Å²) in [5, 5.41) is 3.05. The smallest absolute Gasteiger partial charge is 0.217 e. The number of halogens is 1. The lowest BCUT2D eigenvalue weighted by Gasteiger charge is -2.09. The third-order valence-corrected chi connectivity index (χ3v) is 1.96. The summed E-state index contributed by atoms with van der Waals surface area (Å²) in [4.78, 5) is 7.25. The van der Waals surface area contributed by atoms with Crippen LogP contribution in [0.5, 0.6) is 0 Å². The Labute approximate surface area is 77.4 Å². The van der Waals surface area contributed by atoms with Gasteiger partial charge in [-0.05, 0) is 5.92 Å². The molecule has 0 aromatic carbocycles. The van der Waals surface area contributed by atoms with Crippen LogP contribution in [-0.2, 0) is 0 Å². The Bertz CT molecular complexity index is 265. The van der Waals surface area contributed by atoms with E-state index in [1.54, 1.807) is 0 Å². The summed E-state index contributed by atoms with van der Waals surface area (Å²) in [5.41, 5.74) is 0. The molecule has 0 aliphatic rings. The second-order valence-electron chi connectivity index (χ2n) is 3.12. The molecule has 0 saturated carbocycles. The lowest BCUT2D eigenvalue weighted by Crippen LogP contribution is -2.11. The topological polar surface area (TPSA) is 37.8 Å². The molecule has 1 unspecified atom stereocenters. The molecule has 1 aromatic heterocycles. The fourth-order valence-electron chi connectivity index (χ4n) is 0.853. The Morgan fingerprint density at radius 2 is 2.31 bits per heavy atom. The summed E-state index contributed by atoms with van der Waals surface area (Å²) in [6.45, 7) is 5.06. The van der Waals surface area contributed by atoms with Gasteiger partial charge in [-0.15, -0.1) is 0 Å². The fraction of sp³-hybridized carbons (Fsp3) is 0.556. The predicted molar refractivity (Wildman–Crippen MR) is 49.9 cm³/mol. The summed E-state index contributed by atoms with van der Waals surface area (Å²) < 4.78 is 12.6. The molecule has 1 aromatic rings. The Morgan fingerprint density at radius 3 is 2.92 bits per heavy atom. The first-order valence-electron chi connectivity index (χ1n) is 4.43. The Morgan fingerprint density at radius 1 is 1.54 bits per heavy atom. The zero-order valence-electron chi connectivity index (χ0n) is 7.92. The zero-order valence-corrected chi connectivity index (χ0v) is 7.92. The van der Waals surface area contributed by atoms with Crippen LogP contribution < -0.4 is 5.32 Å². The van der Waals surface area contributed by atoms with E-state index >= 15 is 0 Å². The normalized spacial score (nSPS) is 12.5. The Hall–Kier alpha value is -1.19. The highest BCUT2D eigenvalue weighted by Crippen LogP contribution is 2.05. The highest BCUT2D eigenvalue weighted by Gasteiger charge is 2.00. The molecular weight excluding hydrogens is 169 g/mol. The van der Waals surface area contributed by atoms with E-state index in [1.807, 2.05) is 0 Å². The van der Waals surface area contributed by atoms with Crippen molar-refractivity contribution in [1.29, 1.82) is 0 Å². The molecule has 0 aliphatic carbocycles. The number of hydrogen-bond donors (Lipinski definition) is 1. The van der Waals surface area contributed by atoms with Gasteiger partial charge in [0, 0.05) is 12.6 Å². The van der Waals surface area contributed by atoms with E-state index in [2.05, 4.69) is 29.1 Å². The summed E-state index contributed by atoms with van der Waals surface area (Å²) in [6, 6.07) is 1.29. The van der Waals surface area contributed by atoms with Crippen LogP contribution >= 0.6 is 0 Å². The van der Waals surface area contributed by atoms with Gasteiger partial charge < -0.3 is 5.32 Å². The quantitative estimate of drug-likeness (QED) is 0.726. The summed E-state index contributed by atoms with van der Waals surface area (Å²) in [6.07, 6.45) is 2.31. The molecule has 0 aliphatic heterocycles. The Kier molecular flexibility index (Phi) is 3.61. The second kappa shape index (κ2) is 4.74. The van der Waals surface area contributed by atoms with Crippen molar-refractivity contribution in [2.45, 2.75) is 20.3 Å². The molecule has 1 rings (SSSR count). The van der Waals surface area contributed by atoms with Gasteiger partial charge in [0.2, 0.25) is 5.95 Å². The first-order chi connectivity index (χ1) is 6.22. The summed E-state index contributed by atoms with van der Waals surface area (Å²) in [5.74, 6) is 0.618. The van der Waals surface area contributed by atoms with E-state index in [1.165, 1.54) is 12.4 Å². The highest BCUT2D eigenvalue weighted by molar-refractivity contribution is 5.31. The van der Waals surface area contributed by atoms with Crippen LogP contribution in [0.3, 0.4) is 0 Å². The van der Waals surface area contributed by atoms with Gasteiger partial charge in [-0.25, -0.2) is 9.97 Å². The van der Waals surface area contributed by atoms with E-state index in [-0.39, 0.29) is 0 Å². The molecule has 4 heteroatoms. The molecule has 13 heavy (non-hydrogen) atoms. The lowest BCUT2D eigenvalue weighted by molar-refractivity contribution is 0.575. The van der Waals surface area contributed by atoms with Crippen LogP contribution in [0.1, 0.15) is 20.3 Å². The van der Waals surface area contributed by atoms with E-state index < -0.39 is 5.95 Å². The van der Waals surface area contributed by atoms with Crippen molar-refractivity contribution in [3.05, 3.63) is 18.3 Å². The van der Waals surface area contributed by atoms with Crippen molar-refractivity contribution in [2.24, 2.45) is 5.92 Å². The molecule has 3 nitrogen and oxygen atoms in total. The highest BCUT2D eigenvalue weighted by atomic mass is 19.1. The number of rotatable bonds is 4. The van der Waals surface area contributed by atoms with Crippen LogP contribution in [0, 0.1) is 11.9 Å². The monoisotopic (exact) mass is 183 g/mol. The number of nitrogens with one attached hydrogen (secondary N) is 1. The molecule has 0 spiro atoms. The first kappa shape index (κ1) is 9.89. The molecule has 1 atom stereocenters. The third kappa shape index (κ3) is 3.36. The minimum Gasteiger partial charge on any atom is -0.370 e. The maximum atomic E-state index is 12.6. The molecule has 72 valence electrons. The summed E-state index contributed by atoms with van der Waals surface area (Å²) in [7, 11) is 0. The number of hydrogen-bond acceptors (Lipinski definition) is 3. The minimum atomic E-state index is -0.498. The summed E-state index contributed by atoms with van der Waals surface area (Å²) >= 11 is 0. The maximum absolute atomic E-state index is 12.6. The largest absolute Gasteiger partial charge is 0.370 e. The lowest BCUT2D eigenvalue weighted by atomic mass is 10.1. The van der Waals surface area contributed by atoms with Gasteiger partial charge in [-0.3, -0.25) is 0 Å². The third-order valence-electron chi connectivity index (χ3n) is 1.96. The van der Waals surface area contributed by atoms with E-state index in [9.17, 15) is 4.39 Å². The van der Waals surface area contributed by atoms with Crippen LogP contribution in [-0.4, -0.2) is 16.5 Å². The SMILES string of the molecule is CCC(C)CNc1cc(F)ncn1. The van der Waals surface area contributed by atoms with E-state index in [0.717, 1.165) is 13.0 Å². The predicted octanol–water partition coefficient (Wildman–Crippen LogP) is 2.07. The minimum absolute atomic E-state index is 0.498. The Balaban J connectivity index is 2.45. The van der Waals surface area contributed by atoms with Crippen molar-refractivity contribution < 1.29 is 4.39 Å². The average molecular weight is 183 g/mol. The van der Waals surface area contributed by atoms with Crippen LogP contribution in [0.2, 0.25) is 0 Å². The molecule has 0 radical (unpaired) electrons. The van der Waals surface area contributed by atoms with Crippen molar-refractivity contribution in [3.63, 3.8) is 0 Å². The van der Waals surface area contributed by atoms with Gasteiger partial charge in [0.05, 0.1) is 0 Å². The average Bonchev–Trinajstić information content (AvgIpc) is 2.14. The number of anilines is 1. The molecule has 0 bridgehead atoms. The number of aromatic nitrogens is 2.